The summed E-state index contributed by atoms with van der Waals surface area (Å²) in [5, 5.41) is 3.99. The van der Waals surface area contributed by atoms with Crippen LogP contribution in [0.3, 0.4) is 0 Å². The second-order valence-corrected chi connectivity index (χ2v) is 7.88. The second kappa shape index (κ2) is 7.33. The lowest BCUT2D eigenvalue weighted by atomic mass is 10.0. The van der Waals surface area contributed by atoms with Crippen molar-refractivity contribution in [3.8, 4) is 10.6 Å². The molecule has 27 heavy (non-hydrogen) atoms. The Hall–Kier alpha value is -2.98. The Labute approximate surface area is 162 Å². The van der Waals surface area contributed by atoms with E-state index < -0.39 is 0 Å². The van der Waals surface area contributed by atoms with E-state index in [0.717, 1.165) is 27.0 Å². The van der Waals surface area contributed by atoms with E-state index in [1.54, 1.807) is 11.3 Å². The molecule has 0 aliphatic heterocycles. The second-order valence-electron chi connectivity index (χ2n) is 6.59. The van der Waals surface area contributed by atoms with E-state index in [-0.39, 0.29) is 11.9 Å². The van der Waals surface area contributed by atoms with E-state index in [0.29, 0.717) is 5.56 Å². The van der Waals surface area contributed by atoms with Gasteiger partial charge in [-0.25, -0.2) is 4.98 Å². The maximum atomic E-state index is 13.1. The first-order valence-corrected chi connectivity index (χ1v) is 9.76. The molecule has 2 aromatic carbocycles. The molecule has 0 saturated carbocycles. The van der Waals surface area contributed by atoms with E-state index in [4.69, 9.17) is 4.98 Å². The molecule has 1 atom stereocenters. The van der Waals surface area contributed by atoms with Gasteiger partial charge >= 0.3 is 0 Å². The average Bonchev–Trinajstić information content (AvgIpc) is 3.14. The summed E-state index contributed by atoms with van der Waals surface area (Å²) in [6.07, 6.45) is 0. The highest BCUT2D eigenvalue weighted by Crippen LogP contribution is 2.30. The van der Waals surface area contributed by atoms with Crippen molar-refractivity contribution in [3.63, 3.8) is 0 Å². The minimum absolute atomic E-state index is 0.0712. The highest BCUT2D eigenvalue weighted by Gasteiger charge is 2.17. The summed E-state index contributed by atoms with van der Waals surface area (Å²) in [5.41, 5.74) is 3.41. The number of hydrogen-bond donors (Lipinski definition) is 1. The van der Waals surface area contributed by atoms with Gasteiger partial charge < -0.3 is 5.32 Å². The Kier molecular flexibility index (Phi) is 4.73. The van der Waals surface area contributed by atoms with Crippen LogP contribution in [0.4, 0.5) is 0 Å². The molecule has 0 bridgehead atoms. The smallest absolute Gasteiger partial charge is 0.252 e. The number of carbonyl (C=O) groups excluding carboxylic acids is 1. The zero-order chi connectivity index (χ0) is 18.8. The third-order valence-electron chi connectivity index (χ3n) is 4.60. The summed E-state index contributed by atoms with van der Waals surface area (Å²) >= 11 is 1.69. The first-order chi connectivity index (χ1) is 13.1. The number of pyridine rings is 1. The predicted octanol–water partition coefficient (Wildman–Crippen LogP) is 5.76. The minimum Gasteiger partial charge on any atom is -0.345 e. The van der Waals surface area contributed by atoms with Crippen LogP contribution in [0.1, 0.15) is 33.8 Å². The SMILES string of the molecule is Cc1ccc(-c2cc(C(=O)NC(C)c3ccccc3)c3ccccc3n2)s1. The van der Waals surface area contributed by atoms with Gasteiger partial charge in [-0.2, -0.15) is 0 Å². The van der Waals surface area contributed by atoms with Crippen molar-refractivity contribution in [2.75, 3.05) is 0 Å². The number of thiophene rings is 1. The largest absolute Gasteiger partial charge is 0.345 e. The Morgan fingerprint density at radius 2 is 1.74 bits per heavy atom. The fraction of sp³-hybridized carbons (Fsp3) is 0.130. The van der Waals surface area contributed by atoms with Crippen molar-refractivity contribution in [2.24, 2.45) is 0 Å². The molecular formula is C23H20N2OS. The van der Waals surface area contributed by atoms with Crippen molar-refractivity contribution in [1.29, 1.82) is 0 Å². The van der Waals surface area contributed by atoms with Crippen molar-refractivity contribution in [2.45, 2.75) is 19.9 Å². The summed E-state index contributed by atoms with van der Waals surface area (Å²) in [5.74, 6) is -0.0838. The number of fused-ring (bicyclic) bond motifs is 1. The number of nitrogens with zero attached hydrogens (tertiary/aromatic N) is 1. The number of nitrogens with one attached hydrogen (secondary N) is 1. The number of hydrogen-bond acceptors (Lipinski definition) is 3. The number of carbonyl (C=O) groups is 1. The number of benzene rings is 2. The predicted molar refractivity (Wildman–Crippen MR) is 112 cm³/mol. The maximum absolute atomic E-state index is 13.1. The molecule has 0 aliphatic rings. The molecule has 1 N–H and O–H groups in total. The van der Waals surface area contributed by atoms with Crippen molar-refractivity contribution in [1.82, 2.24) is 10.3 Å². The highest BCUT2D eigenvalue weighted by molar-refractivity contribution is 7.15. The topological polar surface area (TPSA) is 42.0 Å². The first-order valence-electron chi connectivity index (χ1n) is 8.94. The van der Waals surface area contributed by atoms with Crippen molar-refractivity contribution in [3.05, 3.63) is 88.8 Å². The third-order valence-corrected chi connectivity index (χ3v) is 5.62. The Morgan fingerprint density at radius 3 is 2.48 bits per heavy atom. The molecule has 0 aliphatic carbocycles. The summed E-state index contributed by atoms with van der Waals surface area (Å²) in [7, 11) is 0. The fourth-order valence-electron chi connectivity index (χ4n) is 3.16. The maximum Gasteiger partial charge on any atom is 0.252 e. The molecule has 3 nitrogen and oxygen atoms in total. The number of aromatic nitrogens is 1. The summed E-state index contributed by atoms with van der Waals surface area (Å²) in [6, 6.07) is 23.8. The van der Waals surface area contributed by atoms with Crippen LogP contribution < -0.4 is 5.32 Å². The number of rotatable bonds is 4. The zero-order valence-corrected chi connectivity index (χ0v) is 16.1. The van der Waals surface area contributed by atoms with Gasteiger partial charge in [0.15, 0.2) is 0 Å². The van der Waals surface area contributed by atoms with Gasteiger partial charge in [0.25, 0.3) is 5.91 Å². The van der Waals surface area contributed by atoms with Gasteiger partial charge in [0.1, 0.15) is 0 Å². The molecule has 4 aromatic rings. The monoisotopic (exact) mass is 372 g/mol. The van der Waals surface area contributed by atoms with Crippen molar-refractivity contribution >= 4 is 28.1 Å². The Bertz CT molecular complexity index is 1100. The Morgan fingerprint density at radius 1 is 1.00 bits per heavy atom. The fourth-order valence-corrected chi connectivity index (χ4v) is 3.99. The van der Waals surface area contributed by atoms with E-state index in [1.165, 1.54) is 4.88 Å². The zero-order valence-electron chi connectivity index (χ0n) is 15.3. The van der Waals surface area contributed by atoms with Crippen molar-refractivity contribution < 1.29 is 4.79 Å². The van der Waals surface area contributed by atoms with Gasteiger partial charge in [0.05, 0.1) is 27.7 Å². The van der Waals surface area contributed by atoms with Crippen LogP contribution in [0.15, 0.2) is 72.8 Å². The van der Waals surface area contributed by atoms with Gasteiger partial charge in [0, 0.05) is 10.3 Å². The molecule has 2 heterocycles. The molecule has 0 radical (unpaired) electrons. The highest BCUT2D eigenvalue weighted by atomic mass is 32.1. The molecule has 134 valence electrons. The van der Waals surface area contributed by atoms with E-state index >= 15 is 0 Å². The summed E-state index contributed by atoms with van der Waals surface area (Å²) in [6.45, 7) is 4.07. The van der Waals surface area contributed by atoms with Gasteiger partial charge in [0.2, 0.25) is 0 Å². The van der Waals surface area contributed by atoms with Crippen LogP contribution in [-0.4, -0.2) is 10.9 Å². The van der Waals surface area contributed by atoms with E-state index in [2.05, 4.69) is 24.4 Å². The quantitative estimate of drug-likeness (QED) is 0.495. The normalized spacial score (nSPS) is 12.1. The van der Waals surface area contributed by atoms with E-state index in [1.807, 2.05) is 67.6 Å². The summed E-state index contributed by atoms with van der Waals surface area (Å²) < 4.78 is 0. The molecule has 0 fully saturated rings. The molecule has 4 rings (SSSR count). The number of amides is 1. The lowest BCUT2D eigenvalue weighted by Gasteiger charge is -2.16. The third kappa shape index (κ3) is 3.62. The Balaban J connectivity index is 1.74. The summed E-state index contributed by atoms with van der Waals surface area (Å²) in [4.78, 5) is 20.2. The molecular weight excluding hydrogens is 352 g/mol. The number of para-hydroxylation sites is 1. The lowest BCUT2D eigenvalue weighted by molar-refractivity contribution is 0.0941. The van der Waals surface area contributed by atoms with E-state index in [9.17, 15) is 4.79 Å². The van der Waals surface area contributed by atoms with Gasteiger partial charge in [-0.05, 0) is 43.7 Å². The van der Waals surface area contributed by atoms with Gasteiger partial charge in [-0.15, -0.1) is 11.3 Å². The van der Waals surface area contributed by atoms with Crippen LogP contribution in [0.25, 0.3) is 21.5 Å². The van der Waals surface area contributed by atoms with Crippen LogP contribution in [0, 0.1) is 6.92 Å². The molecule has 4 heteroatoms. The van der Waals surface area contributed by atoms with Crippen LogP contribution in [0.2, 0.25) is 0 Å². The van der Waals surface area contributed by atoms with Crippen LogP contribution in [0.5, 0.6) is 0 Å². The standard InChI is InChI=1S/C23H20N2OS/c1-15-12-13-22(27-15)21-14-19(18-10-6-7-11-20(18)25-21)23(26)24-16(2)17-8-4-3-5-9-17/h3-14,16H,1-2H3,(H,24,26). The van der Waals surface area contributed by atoms with Crippen LogP contribution >= 0.6 is 11.3 Å². The van der Waals surface area contributed by atoms with Gasteiger partial charge in [-0.3, -0.25) is 4.79 Å². The number of aryl methyl sites for hydroxylation is 1. The average molecular weight is 372 g/mol. The molecule has 0 saturated heterocycles. The molecule has 1 amide bonds. The molecule has 1 unspecified atom stereocenters. The van der Waals surface area contributed by atoms with Gasteiger partial charge in [-0.1, -0.05) is 48.5 Å². The first kappa shape index (κ1) is 17.4. The van der Waals surface area contributed by atoms with Crippen LogP contribution in [-0.2, 0) is 0 Å². The lowest BCUT2D eigenvalue weighted by Crippen LogP contribution is -2.27. The molecule has 2 aromatic heterocycles. The molecule has 0 spiro atoms. The minimum atomic E-state index is -0.0838.